The molecule has 0 unspecified atom stereocenters. The number of nitrogens with zero attached hydrogens (tertiary/aromatic N) is 2. The maximum absolute atomic E-state index is 13.4. The van der Waals surface area contributed by atoms with E-state index < -0.39 is 37.1 Å². The Morgan fingerprint density at radius 1 is 0.972 bits per heavy atom. The van der Waals surface area contributed by atoms with E-state index in [0.29, 0.717) is 24.7 Å². The minimum Gasteiger partial charge on any atom is -0.312 e. The van der Waals surface area contributed by atoms with E-state index in [9.17, 15) is 26.4 Å². The second-order valence-corrected chi connectivity index (χ2v) is 11.7. The number of halogens is 3. The van der Waals surface area contributed by atoms with E-state index in [1.165, 1.54) is 19.9 Å². The average molecular weight is 519 g/mol. The lowest BCUT2D eigenvalue weighted by atomic mass is 9.85. The fourth-order valence-electron chi connectivity index (χ4n) is 4.41. The maximum Gasteiger partial charge on any atom is 0.416 e. The summed E-state index contributed by atoms with van der Waals surface area (Å²) in [5.74, 6) is -0.766. The molecule has 9 heteroatoms. The molecule has 3 aromatic rings. The molecule has 192 valence electrons. The van der Waals surface area contributed by atoms with Crippen molar-refractivity contribution in [2.45, 2.75) is 49.9 Å². The molecule has 1 fully saturated rings. The Kier molecular flexibility index (Phi) is 7.64. The molecule has 1 amide bonds. The summed E-state index contributed by atoms with van der Waals surface area (Å²) in [5, 5.41) is 0. The van der Waals surface area contributed by atoms with Crippen LogP contribution in [-0.2, 0) is 20.8 Å². The smallest absolute Gasteiger partial charge is 0.312 e. The van der Waals surface area contributed by atoms with E-state index in [4.69, 9.17) is 0 Å². The largest absolute Gasteiger partial charge is 0.416 e. The maximum atomic E-state index is 13.4. The standard InChI is InChI=1S/C26H25F3N2O3S.CH4/c1-25(2,35(33,34)22-7-5-6-20(16-22)26(27,28)29)19-13-15-31(24(32)17-19)21-11-9-18(10-12-21)23-8-3-4-14-30-23;/h3-12,14,16,19H,13,15,17H2,1-2H3;1H4/t19-;/m0./s1. The number of carbonyl (C=O) groups is 1. The minimum absolute atomic E-state index is 0. The van der Waals surface area contributed by atoms with Crippen molar-refractivity contribution in [2.24, 2.45) is 5.92 Å². The van der Waals surface area contributed by atoms with E-state index in [-0.39, 0.29) is 19.8 Å². The van der Waals surface area contributed by atoms with Gasteiger partial charge in [-0.3, -0.25) is 9.78 Å². The highest BCUT2D eigenvalue weighted by atomic mass is 32.2. The van der Waals surface area contributed by atoms with Gasteiger partial charge in [0.1, 0.15) is 0 Å². The number of aromatic nitrogens is 1. The topological polar surface area (TPSA) is 67.3 Å². The molecule has 1 aliphatic rings. The molecular formula is C27H29F3N2O3S. The average Bonchev–Trinajstić information content (AvgIpc) is 2.84. The molecule has 4 rings (SSSR count). The van der Waals surface area contributed by atoms with Crippen LogP contribution in [0.2, 0.25) is 0 Å². The molecule has 2 heterocycles. The lowest BCUT2D eigenvalue weighted by Gasteiger charge is -2.39. The molecule has 0 saturated carbocycles. The molecule has 2 aromatic carbocycles. The van der Waals surface area contributed by atoms with Crippen LogP contribution in [0, 0.1) is 5.92 Å². The molecule has 0 bridgehead atoms. The summed E-state index contributed by atoms with van der Waals surface area (Å²) in [6, 6.07) is 16.8. The molecule has 0 N–H and O–H groups in total. The molecule has 0 radical (unpaired) electrons. The number of rotatable bonds is 5. The van der Waals surface area contributed by atoms with E-state index in [2.05, 4.69) is 4.98 Å². The number of pyridine rings is 1. The van der Waals surface area contributed by atoms with Crippen LogP contribution in [0.25, 0.3) is 11.3 Å². The Morgan fingerprint density at radius 3 is 2.25 bits per heavy atom. The van der Waals surface area contributed by atoms with Gasteiger partial charge < -0.3 is 4.90 Å². The van der Waals surface area contributed by atoms with Gasteiger partial charge in [0.05, 0.1) is 20.9 Å². The number of hydrogen-bond donors (Lipinski definition) is 0. The van der Waals surface area contributed by atoms with Crippen molar-refractivity contribution in [1.29, 1.82) is 0 Å². The summed E-state index contributed by atoms with van der Waals surface area (Å²) in [4.78, 5) is 18.6. The van der Waals surface area contributed by atoms with Crippen molar-refractivity contribution in [3.05, 3.63) is 78.5 Å². The molecule has 5 nitrogen and oxygen atoms in total. The summed E-state index contributed by atoms with van der Waals surface area (Å²) in [6.45, 7) is 3.28. The van der Waals surface area contributed by atoms with Gasteiger partial charge in [-0.05, 0) is 68.7 Å². The summed E-state index contributed by atoms with van der Waals surface area (Å²) in [7, 11) is -4.14. The minimum atomic E-state index is -4.65. The molecule has 0 aliphatic carbocycles. The second-order valence-electron chi connectivity index (χ2n) is 9.13. The first-order chi connectivity index (χ1) is 16.4. The Balaban J connectivity index is 0.00000361. The van der Waals surface area contributed by atoms with Crippen LogP contribution < -0.4 is 4.90 Å². The number of sulfone groups is 1. The molecule has 1 saturated heterocycles. The highest BCUT2D eigenvalue weighted by Crippen LogP contribution is 2.40. The predicted molar refractivity (Wildman–Crippen MR) is 134 cm³/mol. The third kappa shape index (κ3) is 5.16. The fraction of sp³-hybridized carbons (Fsp3) is 0.333. The Bertz CT molecular complexity index is 1320. The quantitative estimate of drug-likeness (QED) is 0.392. The molecule has 36 heavy (non-hydrogen) atoms. The van der Waals surface area contributed by atoms with Crippen LogP contribution in [-0.4, -0.2) is 30.6 Å². The monoisotopic (exact) mass is 518 g/mol. The number of amides is 1. The molecule has 1 aliphatic heterocycles. The van der Waals surface area contributed by atoms with Gasteiger partial charge in [-0.15, -0.1) is 0 Å². The summed E-state index contributed by atoms with van der Waals surface area (Å²) >= 11 is 0. The third-order valence-electron chi connectivity index (χ3n) is 6.71. The van der Waals surface area contributed by atoms with Crippen LogP contribution in [0.3, 0.4) is 0 Å². The first-order valence-electron chi connectivity index (χ1n) is 11.1. The lowest BCUT2D eigenvalue weighted by Crippen LogP contribution is -2.48. The first-order valence-corrected chi connectivity index (χ1v) is 12.6. The predicted octanol–water partition coefficient (Wildman–Crippen LogP) is 6.40. The highest BCUT2D eigenvalue weighted by Gasteiger charge is 2.46. The van der Waals surface area contributed by atoms with Crippen molar-refractivity contribution in [3.8, 4) is 11.3 Å². The number of piperidine rings is 1. The molecular weight excluding hydrogens is 489 g/mol. The Labute approximate surface area is 209 Å². The highest BCUT2D eigenvalue weighted by molar-refractivity contribution is 7.92. The van der Waals surface area contributed by atoms with Gasteiger partial charge >= 0.3 is 6.18 Å². The van der Waals surface area contributed by atoms with Crippen molar-refractivity contribution in [1.82, 2.24) is 4.98 Å². The van der Waals surface area contributed by atoms with Gasteiger partial charge in [0.25, 0.3) is 0 Å². The normalized spacial score (nSPS) is 17.0. The number of alkyl halides is 3. The van der Waals surface area contributed by atoms with Crippen LogP contribution in [0.15, 0.2) is 77.8 Å². The Hall–Kier alpha value is -3.20. The van der Waals surface area contributed by atoms with Crippen LogP contribution in [0.4, 0.5) is 18.9 Å². The molecule has 1 atom stereocenters. The number of hydrogen-bond acceptors (Lipinski definition) is 4. The van der Waals surface area contributed by atoms with Gasteiger partial charge in [0, 0.05) is 30.4 Å². The zero-order chi connectivity index (χ0) is 25.4. The summed E-state index contributed by atoms with van der Waals surface area (Å²) in [5.41, 5.74) is 1.40. The number of anilines is 1. The van der Waals surface area contributed by atoms with Gasteiger partial charge in [0.2, 0.25) is 5.91 Å². The van der Waals surface area contributed by atoms with Gasteiger partial charge in [-0.25, -0.2) is 8.42 Å². The number of carbonyl (C=O) groups excluding carboxylic acids is 1. The van der Waals surface area contributed by atoms with E-state index in [0.717, 1.165) is 23.4 Å². The summed E-state index contributed by atoms with van der Waals surface area (Å²) < 4.78 is 64.7. The SMILES string of the molecule is C.CC(C)([C@H]1CCN(c2ccc(-c3ccccn3)cc2)C(=O)C1)S(=O)(=O)c1cccc(C(F)(F)F)c1. The van der Waals surface area contributed by atoms with Crippen molar-refractivity contribution < 1.29 is 26.4 Å². The van der Waals surface area contributed by atoms with Gasteiger partial charge in [0.15, 0.2) is 9.84 Å². The second kappa shape index (κ2) is 10.0. The molecule has 0 spiro atoms. The van der Waals surface area contributed by atoms with Crippen molar-refractivity contribution in [2.75, 3.05) is 11.4 Å². The molecule has 1 aromatic heterocycles. The van der Waals surface area contributed by atoms with E-state index >= 15 is 0 Å². The van der Waals surface area contributed by atoms with Crippen molar-refractivity contribution >= 4 is 21.4 Å². The van der Waals surface area contributed by atoms with Crippen LogP contribution in [0.5, 0.6) is 0 Å². The van der Waals surface area contributed by atoms with Crippen LogP contribution >= 0.6 is 0 Å². The first kappa shape index (κ1) is 27.4. The van der Waals surface area contributed by atoms with Crippen LogP contribution in [0.1, 0.15) is 39.7 Å². The third-order valence-corrected chi connectivity index (χ3v) is 9.30. The summed E-state index contributed by atoms with van der Waals surface area (Å²) in [6.07, 6.45) is -2.57. The number of benzene rings is 2. The Morgan fingerprint density at radius 2 is 1.67 bits per heavy atom. The zero-order valence-corrected chi connectivity index (χ0v) is 20.1. The zero-order valence-electron chi connectivity index (χ0n) is 19.3. The van der Waals surface area contributed by atoms with Gasteiger partial charge in [-0.1, -0.05) is 31.7 Å². The van der Waals surface area contributed by atoms with Crippen molar-refractivity contribution in [3.63, 3.8) is 0 Å². The van der Waals surface area contributed by atoms with E-state index in [1.807, 2.05) is 42.5 Å². The lowest BCUT2D eigenvalue weighted by molar-refractivity contribution is -0.137. The van der Waals surface area contributed by atoms with Gasteiger partial charge in [-0.2, -0.15) is 13.2 Å². The van der Waals surface area contributed by atoms with E-state index in [1.54, 1.807) is 11.1 Å². The fourth-order valence-corrected chi connectivity index (χ4v) is 6.19.